The molecule has 0 aromatic rings. The van der Waals surface area contributed by atoms with Crippen LogP contribution in [0.15, 0.2) is 0 Å². The van der Waals surface area contributed by atoms with Crippen LogP contribution in [0.25, 0.3) is 0 Å². The van der Waals surface area contributed by atoms with Crippen molar-refractivity contribution in [3.8, 4) is 0 Å². The molecule has 0 bridgehead atoms. The van der Waals surface area contributed by atoms with Crippen LogP contribution in [0.1, 0.15) is 20.8 Å². The molecule has 0 aromatic heterocycles. The highest BCUT2D eigenvalue weighted by molar-refractivity contribution is 5.81. The second kappa shape index (κ2) is 5.11. The molecule has 0 aliphatic heterocycles. The number of nitrogens with two attached hydrogens (primary N) is 1. The van der Waals surface area contributed by atoms with Crippen LogP contribution in [0, 0.1) is 5.92 Å². The number of aliphatic hydroxyl groups excluding tert-OH is 1. The Labute approximate surface area is 73.1 Å². The SMILES string of the molecule is CC(O)CNC(=O)[C@H](N)C(C)C. The molecule has 0 aromatic carbocycles. The summed E-state index contributed by atoms with van der Waals surface area (Å²) in [6, 6.07) is -0.483. The van der Waals surface area contributed by atoms with Gasteiger partial charge in [-0.3, -0.25) is 4.79 Å². The van der Waals surface area contributed by atoms with E-state index in [0.717, 1.165) is 0 Å². The van der Waals surface area contributed by atoms with Crippen LogP contribution in [-0.4, -0.2) is 29.7 Å². The molecule has 4 nitrogen and oxygen atoms in total. The minimum absolute atomic E-state index is 0.124. The summed E-state index contributed by atoms with van der Waals surface area (Å²) in [6.45, 7) is 5.64. The third kappa shape index (κ3) is 4.31. The zero-order valence-electron chi connectivity index (χ0n) is 7.87. The second-order valence-electron chi connectivity index (χ2n) is 3.36. The van der Waals surface area contributed by atoms with Crippen LogP contribution in [0.2, 0.25) is 0 Å². The van der Waals surface area contributed by atoms with Gasteiger partial charge >= 0.3 is 0 Å². The van der Waals surface area contributed by atoms with Crippen LogP contribution in [0.4, 0.5) is 0 Å². The third-order valence-electron chi connectivity index (χ3n) is 1.59. The van der Waals surface area contributed by atoms with Crippen LogP contribution in [-0.2, 0) is 4.79 Å². The number of nitrogens with one attached hydrogen (secondary N) is 1. The average molecular weight is 174 g/mol. The minimum atomic E-state index is -0.520. The first-order chi connectivity index (χ1) is 5.45. The number of rotatable bonds is 4. The van der Waals surface area contributed by atoms with E-state index in [1.807, 2.05) is 13.8 Å². The van der Waals surface area contributed by atoms with Gasteiger partial charge in [-0.05, 0) is 12.8 Å². The van der Waals surface area contributed by atoms with E-state index >= 15 is 0 Å². The summed E-state index contributed by atoms with van der Waals surface area (Å²) in [5.41, 5.74) is 5.55. The van der Waals surface area contributed by atoms with Crippen LogP contribution < -0.4 is 11.1 Å². The lowest BCUT2D eigenvalue weighted by atomic mass is 10.1. The van der Waals surface area contributed by atoms with Crippen LogP contribution in [0.3, 0.4) is 0 Å². The van der Waals surface area contributed by atoms with Gasteiger partial charge in [0.15, 0.2) is 0 Å². The zero-order chi connectivity index (χ0) is 9.72. The van der Waals surface area contributed by atoms with E-state index in [1.165, 1.54) is 0 Å². The van der Waals surface area contributed by atoms with Crippen molar-refractivity contribution in [2.24, 2.45) is 11.7 Å². The number of carbonyl (C=O) groups is 1. The Hall–Kier alpha value is -0.610. The smallest absolute Gasteiger partial charge is 0.237 e. The highest BCUT2D eigenvalue weighted by atomic mass is 16.3. The lowest BCUT2D eigenvalue weighted by Crippen LogP contribution is -2.45. The van der Waals surface area contributed by atoms with E-state index in [-0.39, 0.29) is 18.4 Å². The topological polar surface area (TPSA) is 75.3 Å². The Morgan fingerprint density at radius 2 is 2.00 bits per heavy atom. The molecule has 1 amide bonds. The maximum atomic E-state index is 11.1. The van der Waals surface area contributed by atoms with Gasteiger partial charge < -0.3 is 16.2 Å². The van der Waals surface area contributed by atoms with E-state index in [4.69, 9.17) is 10.8 Å². The normalized spacial score (nSPS) is 15.8. The molecule has 0 aliphatic rings. The summed E-state index contributed by atoms with van der Waals surface area (Å²) in [5.74, 6) is -0.0788. The summed E-state index contributed by atoms with van der Waals surface area (Å²) in [6.07, 6.45) is -0.520. The predicted molar refractivity (Wildman–Crippen MR) is 47.5 cm³/mol. The van der Waals surface area contributed by atoms with Crippen LogP contribution in [0.5, 0.6) is 0 Å². The lowest BCUT2D eigenvalue weighted by molar-refractivity contribution is -0.123. The van der Waals surface area contributed by atoms with E-state index in [2.05, 4.69) is 5.32 Å². The van der Waals surface area contributed by atoms with Gasteiger partial charge in [0.05, 0.1) is 12.1 Å². The fourth-order valence-electron chi connectivity index (χ4n) is 0.669. The van der Waals surface area contributed by atoms with Crippen molar-refractivity contribution in [2.45, 2.75) is 32.9 Å². The molecule has 0 aliphatic carbocycles. The molecular formula is C8H18N2O2. The van der Waals surface area contributed by atoms with Crippen molar-refractivity contribution in [1.29, 1.82) is 0 Å². The van der Waals surface area contributed by atoms with Crippen molar-refractivity contribution in [3.05, 3.63) is 0 Å². The maximum absolute atomic E-state index is 11.1. The molecule has 0 saturated carbocycles. The molecule has 0 rings (SSSR count). The molecule has 0 fully saturated rings. The van der Waals surface area contributed by atoms with Gasteiger partial charge in [-0.25, -0.2) is 0 Å². The summed E-state index contributed by atoms with van der Waals surface area (Å²) < 4.78 is 0. The molecule has 0 radical (unpaired) electrons. The van der Waals surface area contributed by atoms with Crippen molar-refractivity contribution in [3.63, 3.8) is 0 Å². The van der Waals surface area contributed by atoms with Crippen molar-refractivity contribution in [1.82, 2.24) is 5.32 Å². The van der Waals surface area contributed by atoms with Gasteiger partial charge in [0.1, 0.15) is 0 Å². The second-order valence-corrected chi connectivity index (χ2v) is 3.36. The highest BCUT2D eigenvalue weighted by Gasteiger charge is 2.16. The van der Waals surface area contributed by atoms with E-state index in [0.29, 0.717) is 0 Å². The molecule has 0 heterocycles. The molecule has 4 N–H and O–H groups in total. The summed E-state index contributed by atoms with van der Waals surface area (Å²) in [4.78, 5) is 11.1. The number of hydrogen-bond donors (Lipinski definition) is 3. The quantitative estimate of drug-likeness (QED) is 0.536. The van der Waals surface area contributed by atoms with Gasteiger partial charge in [0, 0.05) is 6.54 Å². The third-order valence-corrected chi connectivity index (χ3v) is 1.59. The Morgan fingerprint density at radius 3 is 2.33 bits per heavy atom. The van der Waals surface area contributed by atoms with Crippen LogP contribution >= 0.6 is 0 Å². The summed E-state index contributed by atoms with van der Waals surface area (Å²) in [5, 5.41) is 11.4. The first kappa shape index (κ1) is 11.4. The number of hydrogen-bond acceptors (Lipinski definition) is 3. The standard InChI is InChI=1S/C8H18N2O2/c1-5(2)7(9)8(12)10-4-6(3)11/h5-7,11H,4,9H2,1-3H3,(H,10,12)/t6?,7-/m1/s1. The molecule has 4 heteroatoms. The average Bonchev–Trinajstić information content (AvgIpc) is 1.98. The first-order valence-electron chi connectivity index (χ1n) is 4.16. The molecule has 72 valence electrons. The van der Waals surface area contributed by atoms with E-state index in [1.54, 1.807) is 6.92 Å². The highest BCUT2D eigenvalue weighted by Crippen LogP contribution is 1.97. The fraction of sp³-hybridized carbons (Fsp3) is 0.875. The molecule has 12 heavy (non-hydrogen) atoms. The summed E-state index contributed by atoms with van der Waals surface area (Å²) in [7, 11) is 0. The van der Waals surface area contributed by atoms with Gasteiger partial charge in [-0.1, -0.05) is 13.8 Å². The van der Waals surface area contributed by atoms with Crippen molar-refractivity contribution >= 4 is 5.91 Å². The van der Waals surface area contributed by atoms with Gasteiger partial charge in [0.25, 0.3) is 0 Å². The summed E-state index contributed by atoms with van der Waals surface area (Å²) >= 11 is 0. The molecule has 2 atom stereocenters. The maximum Gasteiger partial charge on any atom is 0.237 e. The number of amides is 1. The minimum Gasteiger partial charge on any atom is -0.392 e. The number of carbonyl (C=O) groups excluding carboxylic acids is 1. The van der Waals surface area contributed by atoms with E-state index < -0.39 is 12.1 Å². The van der Waals surface area contributed by atoms with E-state index in [9.17, 15) is 4.79 Å². The van der Waals surface area contributed by atoms with Crippen molar-refractivity contribution < 1.29 is 9.90 Å². The molecular weight excluding hydrogens is 156 g/mol. The Balaban J connectivity index is 3.72. The van der Waals surface area contributed by atoms with Gasteiger partial charge in [0.2, 0.25) is 5.91 Å². The zero-order valence-corrected chi connectivity index (χ0v) is 7.87. The first-order valence-corrected chi connectivity index (χ1v) is 4.16. The number of aliphatic hydroxyl groups is 1. The Kier molecular flexibility index (Phi) is 4.85. The fourth-order valence-corrected chi connectivity index (χ4v) is 0.669. The van der Waals surface area contributed by atoms with Gasteiger partial charge in [-0.2, -0.15) is 0 Å². The molecule has 1 unspecified atom stereocenters. The predicted octanol–water partition coefficient (Wildman–Crippen LogP) is -0.533. The Bertz CT molecular complexity index is 146. The monoisotopic (exact) mass is 174 g/mol. The largest absolute Gasteiger partial charge is 0.392 e. The Morgan fingerprint density at radius 1 is 1.50 bits per heavy atom. The van der Waals surface area contributed by atoms with Gasteiger partial charge in [-0.15, -0.1) is 0 Å². The lowest BCUT2D eigenvalue weighted by Gasteiger charge is -2.15. The van der Waals surface area contributed by atoms with Crippen molar-refractivity contribution in [2.75, 3.05) is 6.54 Å². The molecule has 0 spiro atoms. The molecule has 0 saturated heterocycles.